The fourth-order valence-electron chi connectivity index (χ4n) is 5.10. The largest absolute Gasteiger partial charge is 0.257 e. The van der Waals surface area contributed by atoms with E-state index in [4.69, 9.17) is 0 Å². The zero-order valence-corrected chi connectivity index (χ0v) is 22.6. The molecule has 0 aliphatic heterocycles. The minimum absolute atomic E-state index is 0.621. The fraction of sp³-hybridized carbons (Fsp3) is 0.900. The Balaban J connectivity index is 2.11. The van der Waals surface area contributed by atoms with Gasteiger partial charge in [-0.25, -0.2) is 9.55 Å². The Morgan fingerprint density at radius 3 is 1.47 bits per heavy atom. The van der Waals surface area contributed by atoms with Gasteiger partial charge in [-0.15, -0.1) is 0 Å². The number of unbranched alkanes of at least 4 members (excludes halogenated alkanes) is 17. The normalized spacial score (nSPS) is 13.5. The molecule has 0 amide bonds. The zero-order chi connectivity index (χ0) is 23.3. The molecule has 0 spiro atoms. The van der Waals surface area contributed by atoms with Gasteiger partial charge >= 0.3 is 0 Å². The molecule has 1 N–H and O–H groups in total. The second kappa shape index (κ2) is 20.8. The van der Waals surface area contributed by atoms with Gasteiger partial charge in [-0.2, -0.15) is 0 Å². The van der Waals surface area contributed by atoms with Crippen LogP contribution < -0.4 is 4.57 Å². The van der Waals surface area contributed by atoms with Crippen molar-refractivity contribution in [3.05, 3.63) is 18.2 Å². The highest BCUT2D eigenvalue weighted by Crippen LogP contribution is 2.21. The third-order valence-corrected chi connectivity index (χ3v) is 7.40. The van der Waals surface area contributed by atoms with Gasteiger partial charge in [0, 0.05) is 0 Å². The molecule has 0 bridgehead atoms. The number of hydrogen-bond acceptors (Lipinski definition) is 0. The van der Waals surface area contributed by atoms with E-state index in [1.807, 2.05) is 0 Å². The van der Waals surface area contributed by atoms with Crippen molar-refractivity contribution in [1.29, 1.82) is 0 Å². The number of nitrogens with zero attached hydrogens (tertiary/aromatic N) is 1. The number of H-pyrrole nitrogens is 1. The molecular weight excluding hydrogens is 388 g/mol. The summed E-state index contributed by atoms with van der Waals surface area (Å²) in [6.07, 6.45) is 34.1. The first-order valence-electron chi connectivity index (χ1n) is 14.8. The Morgan fingerprint density at radius 1 is 0.594 bits per heavy atom. The molecule has 1 aromatic heterocycles. The molecule has 0 saturated carbocycles. The lowest BCUT2D eigenvalue weighted by molar-refractivity contribution is -0.727. The number of nitrogens with one attached hydrogen (secondary N) is 1. The number of aromatic nitrogens is 2. The topological polar surface area (TPSA) is 19.7 Å². The molecule has 2 heteroatoms. The Kier molecular flexibility index (Phi) is 19.0. The molecule has 1 aromatic rings. The van der Waals surface area contributed by atoms with Crippen LogP contribution in [0.5, 0.6) is 0 Å². The van der Waals surface area contributed by atoms with Crippen LogP contribution >= 0.6 is 0 Å². The van der Waals surface area contributed by atoms with E-state index >= 15 is 0 Å². The van der Waals surface area contributed by atoms with E-state index in [0.29, 0.717) is 12.0 Å². The van der Waals surface area contributed by atoms with Crippen molar-refractivity contribution in [2.24, 2.45) is 0 Å². The highest BCUT2D eigenvalue weighted by atomic mass is 15.1. The number of rotatable bonds is 23. The summed E-state index contributed by atoms with van der Waals surface area (Å²) in [6, 6.07) is 0.621. The minimum Gasteiger partial charge on any atom is -0.247 e. The first kappa shape index (κ1) is 29.2. The molecule has 32 heavy (non-hydrogen) atoms. The van der Waals surface area contributed by atoms with E-state index in [1.54, 1.807) is 0 Å². The summed E-state index contributed by atoms with van der Waals surface area (Å²) in [5, 5.41) is 0. The van der Waals surface area contributed by atoms with Crippen molar-refractivity contribution in [2.75, 3.05) is 0 Å². The molecule has 188 valence electrons. The van der Waals surface area contributed by atoms with Crippen LogP contribution in [0.4, 0.5) is 0 Å². The molecule has 1 heterocycles. The first-order valence-corrected chi connectivity index (χ1v) is 14.8. The van der Waals surface area contributed by atoms with Crippen molar-refractivity contribution >= 4 is 0 Å². The van der Waals surface area contributed by atoms with Crippen molar-refractivity contribution in [1.82, 2.24) is 4.98 Å². The van der Waals surface area contributed by atoms with Crippen LogP contribution in [0.25, 0.3) is 0 Å². The maximum atomic E-state index is 3.57. The van der Waals surface area contributed by atoms with Crippen LogP contribution in [0.2, 0.25) is 0 Å². The van der Waals surface area contributed by atoms with Crippen LogP contribution in [0, 0.1) is 0 Å². The quantitative estimate of drug-likeness (QED) is 0.127. The number of imidazole rings is 1. The third-order valence-electron chi connectivity index (χ3n) is 7.40. The maximum absolute atomic E-state index is 3.57. The molecular formula is C30H59N2+. The lowest BCUT2D eigenvalue weighted by Gasteiger charge is -2.14. The summed E-state index contributed by atoms with van der Waals surface area (Å²) >= 11 is 0. The Hall–Kier alpha value is -0.790. The van der Waals surface area contributed by atoms with Crippen LogP contribution in [0.15, 0.2) is 12.4 Å². The molecule has 0 saturated heterocycles. The van der Waals surface area contributed by atoms with Crippen LogP contribution in [0.1, 0.15) is 180 Å². The SMILES string of the molecule is CCCCCCCCCCCCC(C)[n+]1cc[nH]c1C(C)CCCCCCCCCCC. The van der Waals surface area contributed by atoms with Gasteiger partial charge in [0.05, 0.1) is 12.0 Å². The summed E-state index contributed by atoms with van der Waals surface area (Å²) in [7, 11) is 0. The van der Waals surface area contributed by atoms with Gasteiger partial charge in [0.1, 0.15) is 12.4 Å². The number of aromatic amines is 1. The predicted molar refractivity (Wildman–Crippen MR) is 142 cm³/mol. The van der Waals surface area contributed by atoms with Gasteiger partial charge < -0.3 is 0 Å². The van der Waals surface area contributed by atoms with Crippen LogP contribution in [0.3, 0.4) is 0 Å². The van der Waals surface area contributed by atoms with Crippen LogP contribution in [-0.2, 0) is 0 Å². The molecule has 0 aliphatic rings. The highest BCUT2D eigenvalue weighted by molar-refractivity contribution is 4.87. The monoisotopic (exact) mass is 447 g/mol. The van der Waals surface area contributed by atoms with Crippen molar-refractivity contribution in [2.45, 2.75) is 174 Å². The lowest BCUT2D eigenvalue weighted by Crippen LogP contribution is -2.40. The highest BCUT2D eigenvalue weighted by Gasteiger charge is 2.22. The molecule has 0 aliphatic carbocycles. The van der Waals surface area contributed by atoms with E-state index in [-0.39, 0.29) is 0 Å². The summed E-state index contributed by atoms with van der Waals surface area (Å²) in [5.41, 5.74) is 0. The standard InChI is InChI=1S/C30H58N2/c1-5-7-9-11-13-15-17-19-21-23-25-29(4)32-27-26-31-30(32)28(3)24-22-20-18-16-14-12-10-8-6-2/h26-29H,5-25H2,1-4H3/p+1. The molecule has 2 unspecified atom stereocenters. The Labute approximate surface area is 202 Å². The minimum atomic E-state index is 0.621. The van der Waals surface area contributed by atoms with Gasteiger partial charge in [0.2, 0.25) is 0 Å². The Morgan fingerprint density at radius 2 is 1.00 bits per heavy atom. The van der Waals surface area contributed by atoms with E-state index in [1.165, 1.54) is 141 Å². The van der Waals surface area contributed by atoms with Crippen LogP contribution in [-0.4, -0.2) is 4.98 Å². The second-order valence-electron chi connectivity index (χ2n) is 10.6. The predicted octanol–water partition coefficient (Wildman–Crippen LogP) is 10.2. The molecule has 2 nitrogen and oxygen atoms in total. The van der Waals surface area contributed by atoms with E-state index in [0.717, 1.165) is 0 Å². The van der Waals surface area contributed by atoms with E-state index < -0.39 is 0 Å². The molecule has 2 atom stereocenters. The van der Waals surface area contributed by atoms with Crippen molar-refractivity contribution in [3.63, 3.8) is 0 Å². The average molecular weight is 448 g/mol. The summed E-state index contributed by atoms with van der Waals surface area (Å²) < 4.78 is 2.53. The maximum Gasteiger partial charge on any atom is 0.257 e. The summed E-state index contributed by atoms with van der Waals surface area (Å²) in [5.74, 6) is 2.09. The van der Waals surface area contributed by atoms with Gasteiger partial charge in [-0.3, -0.25) is 0 Å². The molecule has 0 fully saturated rings. The van der Waals surface area contributed by atoms with Gasteiger partial charge in [0.15, 0.2) is 0 Å². The van der Waals surface area contributed by atoms with E-state index in [2.05, 4.69) is 49.6 Å². The molecule has 1 rings (SSSR count). The van der Waals surface area contributed by atoms with E-state index in [9.17, 15) is 0 Å². The van der Waals surface area contributed by atoms with Gasteiger partial charge in [0.25, 0.3) is 5.82 Å². The number of hydrogen-bond donors (Lipinski definition) is 1. The summed E-state index contributed by atoms with van der Waals surface area (Å²) in [6.45, 7) is 9.43. The summed E-state index contributed by atoms with van der Waals surface area (Å²) in [4.78, 5) is 3.57. The molecule has 0 aromatic carbocycles. The first-order chi connectivity index (χ1) is 15.7. The Bertz CT molecular complexity index is 507. The third kappa shape index (κ3) is 14.4. The second-order valence-corrected chi connectivity index (χ2v) is 10.6. The van der Waals surface area contributed by atoms with Crippen molar-refractivity contribution in [3.8, 4) is 0 Å². The average Bonchev–Trinajstić information content (AvgIpc) is 3.29. The van der Waals surface area contributed by atoms with Gasteiger partial charge in [-0.1, -0.05) is 136 Å². The van der Waals surface area contributed by atoms with Crippen molar-refractivity contribution < 1.29 is 4.57 Å². The fourth-order valence-corrected chi connectivity index (χ4v) is 5.10. The lowest BCUT2D eigenvalue weighted by atomic mass is 10.00. The zero-order valence-electron chi connectivity index (χ0n) is 22.6. The van der Waals surface area contributed by atoms with Gasteiger partial charge in [-0.05, 0) is 26.2 Å². The molecule has 0 radical (unpaired) electrons. The smallest absolute Gasteiger partial charge is 0.247 e.